The molecule has 2 aromatic heterocycles. The quantitative estimate of drug-likeness (QED) is 0.865. The van der Waals surface area contributed by atoms with Gasteiger partial charge in [0.2, 0.25) is 0 Å². The lowest BCUT2D eigenvalue weighted by molar-refractivity contribution is -0.141. The minimum atomic E-state index is -4.41. The topological polar surface area (TPSA) is 43.6 Å². The van der Waals surface area contributed by atoms with E-state index in [1.165, 1.54) is 0 Å². The molecule has 0 N–H and O–H groups in total. The van der Waals surface area contributed by atoms with Gasteiger partial charge in [-0.1, -0.05) is 0 Å². The molecule has 104 valence electrons. The molecule has 0 aromatic carbocycles. The van der Waals surface area contributed by atoms with Crippen LogP contribution in [0, 0.1) is 6.92 Å². The van der Waals surface area contributed by atoms with Gasteiger partial charge in [0.05, 0.1) is 0 Å². The van der Waals surface area contributed by atoms with Crippen LogP contribution in [0.3, 0.4) is 0 Å². The van der Waals surface area contributed by atoms with E-state index in [4.69, 9.17) is 0 Å². The molecule has 2 rings (SSSR count). The maximum Gasteiger partial charge on any atom is 0.434 e. The molecule has 2 aromatic rings. The summed E-state index contributed by atoms with van der Waals surface area (Å²) in [5, 5.41) is 9.46. The molecule has 2 heterocycles. The third kappa shape index (κ3) is 3.08. The van der Waals surface area contributed by atoms with Crippen LogP contribution >= 0.6 is 23.1 Å². The number of hydrogen-bond acceptors (Lipinski definition) is 5. The average molecular weight is 308 g/mol. The van der Waals surface area contributed by atoms with Crippen molar-refractivity contribution in [3.8, 4) is 0 Å². The number of halogens is 3. The van der Waals surface area contributed by atoms with Crippen molar-refractivity contribution >= 4 is 23.1 Å². The van der Waals surface area contributed by atoms with E-state index in [1.54, 1.807) is 6.92 Å². The molecule has 0 unspecified atom stereocenters. The van der Waals surface area contributed by atoms with Gasteiger partial charge in [0.15, 0.2) is 15.2 Å². The summed E-state index contributed by atoms with van der Waals surface area (Å²) in [6, 6.07) is 0.138. The molecular weight excluding hydrogens is 297 g/mol. The third-order valence-electron chi connectivity index (χ3n) is 2.30. The second-order valence-corrected chi connectivity index (χ2v) is 6.16. The van der Waals surface area contributed by atoms with Crippen LogP contribution in [0.2, 0.25) is 0 Å². The Morgan fingerprint density at radius 1 is 1.32 bits per heavy atom. The lowest BCUT2D eigenvalue weighted by atomic mass is 10.4. The van der Waals surface area contributed by atoms with Crippen LogP contribution in [-0.4, -0.2) is 19.7 Å². The van der Waals surface area contributed by atoms with E-state index in [2.05, 4.69) is 15.2 Å². The lowest BCUT2D eigenvalue weighted by Gasteiger charge is -2.10. The molecule has 9 heteroatoms. The van der Waals surface area contributed by atoms with Gasteiger partial charge in [-0.05, 0) is 32.5 Å². The van der Waals surface area contributed by atoms with E-state index < -0.39 is 11.9 Å². The smallest absolute Gasteiger partial charge is 0.303 e. The predicted molar refractivity (Wildman–Crippen MR) is 66.4 cm³/mol. The van der Waals surface area contributed by atoms with Crippen molar-refractivity contribution in [2.45, 2.75) is 42.5 Å². The first-order chi connectivity index (χ1) is 8.79. The summed E-state index contributed by atoms with van der Waals surface area (Å²) in [4.78, 5) is 3.56. The molecule has 0 aliphatic carbocycles. The SMILES string of the molecule is Cc1nnc(Sc2nc(C(F)(F)F)cs2)n1C(C)C. The highest BCUT2D eigenvalue weighted by atomic mass is 32.2. The zero-order valence-corrected chi connectivity index (χ0v) is 12.0. The standard InChI is InChI=1S/C10H11F3N4S2/c1-5(2)17-6(3)15-16-8(17)19-9-14-7(4-18-9)10(11,12)13/h4-5H,1-3H3. The Labute approximate surface area is 116 Å². The van der Waals surface area contributed by atoms with Gasteiger partial charge < -0.3 is 4.57 Å². The summed E-state index contributed by atoms with van der Waals surface area (Å²) >= 11 is 2.05. The number of aryl methyl sites for hydroxylation is 1. The van der Waals surface area contributed by atoms with Crippen LogP contribution in [0.15, 0.2) is 14.9 Å². The second kappa shape index (κ2) is 5.12. The van der Waals surface area contributed by atoms with E-state index in [1.807, 2.05) is 18.4 Å². The Morgan fingerprint density at radius 3 is 2.53 bits per heavy atom. The fourth-order valence-corrected chi connectivity index (χ4v) is 3.46. The Bertz CT molecular complexity index is 574. The zero-order valence-electron chi connectivity index (χ0n) is 10.4. The van der Waals surface area contributed by atoms with Crippen LogP contribution in [0.4, 0.5) is 13.2 Å². The van der Waals surface area contributed by atoms with E-state index in [0.29, 0.717) is 9.50 Å². The van der Waals surface area contributed by atoms with Gasteiger partial charge in [0.25, 0.3) is 0 Å². The lowest BCUT2D eigenvalue weighted by Crippen LogP contribution is -2.05. The summed E-state index contributed by atoms with van der Waals surface area (Å²) in [7, 11) is 0. The van der Waals surface area contributed by atoms with Gasteiger partial charge in [-0.3, -0.25) is 0 Å². The van der Waals surface area contributed by atoms with Crippen LogP contribution < -0.4 is 0 Å². The number of alkyl halides is 3. The zero-order chi connectivity index (χ0) is 14.2. The molecule has 0 amide bonds. The predicted octanol–water partition coefficient (Wildman–Crippen LogP) is 3.79. The van der Waals surface area contributed by atoms with Gasteiger partial charge >= 0.3 is 6.18 Å². The minimum Gasteiger partial charge on any atom is -0.303 e. The first-order valence-corrected chi connectivity index (χ1v) is 7.10. The van der Waals surface area contributed by atoms with Crippen molar-refractivity contribution in [1.29, 1.82) is 0 Å². The van der Waals surface area contributed by atoms with Crippen molar-refractivity contribution in [2.24, 2.45) is 0 Å². The number of hydrogen-bond donors (Lipinski definition) is 0. The van der Waals surface area contributed by atoms with Gasteiger partial charge in [-0.15, -0.1) is 21.5 Å². The highest BCUT2D eigenvalue weighted by molar-refractivity contribution is 8.00. The van der Waals surface area contributed by atoms with Crippen molar-refractivity contribution in [1.82, 2.24) is 19.7 Å². The molecule has 19 heavy (non-hydrogen) atoms. The van der Waals surface area contributed by atoms with Gasteiger partial charge in [0.1, 0.15) is 5.82 Å². The molecule has 0 atom stereocenters. The maximum absolute atomic E-state index is 12.5. The molecule has 0 fully saturated rings. The van der Waals surface area contributed by atoms with Crippen molar-refractivity contribution in [3.63, 3.8) is 0 Å². The molecule has 0 aliphatic heterocycles. The molecule has 4 nitrogen and oxygen atoms in total. The van der Waals surface area contributed by atoms with E-state index in [9.17, 15) is 13.2 Å². The van der Waals surface area contributed by atoms with Crippen molar-refractivity contribution in [3.05, 3.63) is 16.9 Å². The minimum absolute atomic E-state index is 0.138. The molecule has 0 radical (unpaired) electrons. The Hall–Kier alpha value is -1.09. The maximum atomic E-state index is 12.5. The van der Waals surface area contributed by atoms with Gasteiger partial charge in [-0.25, -0.2) is 4.98 Å². The highest BCUT2D eigenvalue weighted by Crippen LogP contribution is 2.36. The van der Waals surface area contributed by atoms with E-state index >= 15 is 0 Å². The Kier molecular flexibility index (Phi) is 3.86. The van der Waals surface area contributed by atoms with Crippen LogP contribution in [0.25, 0.3) is 0 Å². The van der Waals surface area contributed by atoms with Crippen molar-refractivity contribution < 1.29 is 13.2 Å². The molecule has 0 bridgehead atoms. The molecule has 0 saturated heterocycles. The third-order valence-corrected chi connectivity index (χ3v) is 4.20. The molecule has 0 saturated carbocycles. The summed E-state index contributed by atoms with van der Waals surface area (Å²) in [5.74, 6) is 0.727. The molecular formula is C10H11F3N4S2. The van der Waals surface area contributed by atoms with Crippen molar-refractivity contribution in [2.75, 3.05) is 0 Å². The van der Waals surface area contributed by atoms with Gasteiger partial charge in [0, 0.05) is 11.4 Å². The molecule has 0 aliphatic rings. The largest absolute Gasteiger partial charge is 0.434 e. The van der Waals surface area contributed by atoms with Crippen LogP contribution in [0.1, 0.15) is 31.4 Å². The van der Waals surface area contributed by atoms with E-state index in [0.717, 1.165) is 34.3 Å². The second-order valence-electron chi connectivity index (χ2n) is 4.09. The van der Waals surface area contributed by atoms with Gasteiger partial charge in [-0.2, -0.15) is 13.2 Å². The average Bonchev–Trinajstić information content (AvgIpc) is 2.85. The Balaban J connectivity index is 2.25. The molecule has 0 spiro atoms. The fraction of sp³-hybridized carbons (Fsp3) is 0.500. The summed E-state index contributed by atoms with van der Waals surface area (Å²) in [6.07, 6.45) is -4.41. The number of thiazole rings is 1. The first kappa shape index (κ1) is 14.3. The summed E-state index contributed by atoms with van der Waals surface area (Å²) < 4.78 is 39.5. The summed E-state index contributed by atoms with van der Waals surface area (Å²) in [6.45, 7) is 5.73. The Morgan fingerprint density at radius 2 is 2.00 bits per heavy atom. The first-order valence-electron chi connectivity index (χ1n) is 5.41. The monoisotopic (exact) mass is 308 g/mol. The number of aromatic nitrogens is 4. The van der Waals surface area contributed by atoms with Crippen LogP contribution in [-0.2, 0) is 6.18 Å². The van der Waals surface area contributed by atoms with Crippen LogP contribution in [0.5, 0.6) is 0 Å². The van der Waals surface area contributed by atoms with E-state index in [-0.39, 0.29) is 6.04 Å². The number of nitrogens with zero attached hydrogens (tertiary/aromatic N) is 4. The number of rotatable bonds is 3. The normalized spacial score (nSPS) is 12.4. The summed E-state index contributed by atoms with van der Waals surface area (Å²) in [5.41, 5.74) is -0.868. The fourth-order valence-electron chi connectivity index (χ4n) is 1.53. The highest BCUT2D eigenvalue weighted by Gasteiger charge is 2.34.